The molecule has 2 unspecified atom stereocenters. The number of nitrogens with zero attached hydrogens (tertiary/aromatic N) is 1. The van der Waals surface area contributed by atoms with Gasteiger partial charge in [-0.15, -0.1) is 0 Å². The second-order valence-electron chi connectivity index (χ2n) is 3.37. The molecule has 4 heteroatoms. The van der Waals surface area contributed by atoms with Crippen LogP contribution in [0.5, 0.6) is 0 Å². The third-order valence-electron chi connectivity index (χ3n) is 2.62. The Balaban J connectivity index is 2.27. The summed E-state index contributed by atoms with van der Waals surface area (Å²) in [5, 5.41) is 10.8. The highest BCUT2D eigenvalue weighted by Gasteiger charge is 2.36. The Bertz CT molecular complexity index is 296. The number of hydrogen-bond donors (Lipinski definition) is 2. The fraction of sp³-hybridized carbons (Fsp3) is 0.444. The molecular formula is C9H12N2O2. The second kappa shape index (κ2) is 2.88. The van der Waals surface area contributed by atoms with Crippen molar-refractivity contribution < 1.29 is 9.90 Å². The molecule has 0 amide bonds. The third kappa shape index (κ3) is 1.23. The number of carbonyl (C=O) groups is 1. The minimum Gasteiger partial charge on any atom is -0.481 e. The van der Waals surface area contributed by atoms with Crippen LogP contribution in [0.25, 0.3) is 0 Å². The molecule has 2 aliphatic rings. The van der Waals surface area contributed by atoms with Crippen molar-refractivity contribution in [3.63, 3.8) is 0 Å². The monoisotopic (exact) mass is 180 g/mol. The number of allylic oxidation sites excluding steroid dienone is 2. The van der Waals surface area contributed by atoms with Crippen molar-refractivity contribution in [3.05, 3.63) is 23.9 Å². The molecule has 0 radical (unpaired) electrons. The van der Waals surface area contributed by atoms with E-state index >= 15 is 0 Å². The van der Waals surface area contributed by atoms with E-state index in [1.807, 2.05) is 24.2 Å². The van der Waals surface area contributed by atoms with E-state index < -0.39 is 5.97 Å². The molecule has 0 spiro atoms. The number of fused-ring (bicyclic) bond motifs is 1. The molecule has 2 N–H and O–H groups in total. The maximum Gasteiger partial charge on any atom is 0.311 e. The first-order valence-corrected chi connectivity index (χ1v) is 4.28. The molecule has 1 heterocycles. The van der Waals surface area contributed by atoms with Crippen molar-refractivity contribution in [3.8, 4) is 0 Å². The Labute approximate surface area is 76.5 Å². The molecule has 2 rings (SSSR count). The van der Waals surface area contributed by atoms with Crippen LogP contribution in [0.4, 0.5) is 0 Å². The van der Waals surface area contributed by atoms with E-state index in [1.165, 1.54) is 0 Å². The van der Waals surface area contributed by atoms with Gasteiger partial charge in [0.1, 0.15) is 0 Å². The molecule has 1 aliphatic carbocycles. The van der Waals surface area contributed by atoms with Crippen LogP contribution >= 0.6 is 0 Å². The summed E-state index contributed by atoms with van der Waals surface area (Å²) in [5.41, 5.74) is 4.17. The number of hydrazine groups is 1. The Morgan fingerprint density at radius 1 is 1.77 bits per heavy atom. The maximum atomic E-state index is 10.9. The molecule has 0 aromatic heterocycles. The maximum absolute atomic E-state index is 10.9. The molecule has 0 aromatic carbocycles. The molecule has 1 saturated heterocycles. The van der Waals surface area contributed by atoms with Crippen LogP contribution in [0.2, 0.25) is 0 Å². The predicted octanol–water partition coefficient (Wildman–Crippen LogP) is 0.207. The zero-order valence-electron chi connectivity index (χ0n) is 7.40. The van der Waals surface area contributed by atoms with Crippen LogP contribution < -0.4 is 5.43 Å². The van der Waals surface area contributed by atoms with Crippen LogP contribution in [-0.4, -0.2) is 29.7 Å². The van der Waals surface area contributed by atoms with Gasteiger partial charge >= 0.3 is 5.97 Å². The number of hydrogen-bond acceptors (Lipinski definition) is 3. The zero-order chi connectivity index (χ0) is 9.42. The first-order valence-electron chi connectivity index (χ1n) is 4.28. The van der Waals surface area contributed by atoms with E-state index in [-0.39, 0.29) is 11.8 Å². The van der Waals surface area contributed by atoms with Gasteiger partial charge in [0, 0.05) is 25.2 Å². The van der Waals surface area contributed by atoms with E-state index in [2.05, 4.69) is 5.43 Å². The van der Waals surface area contributed by atoms with E-state index in [0.29, 0.717) is 6.54 Å². The molecule has 70 valence electrons. The molecular weight excluding hydrogens is 168 g/mol. The Hall–Kier alpha value is -1.29. The average molecular weight is 180 g/mol. The van der Waals surface area contributed by atoms with E-state index in [0.717, 1.165) is 5.70 Å². The number of nitrogens with one attached hydrogen (secondary N) is 1. The topological polar surface area (TPSA) is 52.6 Å². The summed E-state index contributed by atoms with van der Waals surface area (Å²) in [6.07, 6.45) is 5.52. The quantitative estimate of drug-likeness (QED) is 0.605. The Morgan fingerprint density at radius 2 is 2.54 bits per heavy atom. The minimum atomic E-state index is -0.746. The summed E-state index contributed by atoms with van der Waals surface area (Å²) >= 11 is 0. The van der Waals surface area contributed by atoms with Gasteiger partial charge in [-0.3, -0.25) is 4.79 Å². The lowest BCUT2D eigenvalue weighted by molar-refractivity contribution is -0.141. The van der Waals surface area contributed by atoms with Crippen molar-refractivity contribution >= 4 is 5.97 Å². The van der Waals surface area contributed by atoms with E-state index in [1.54, 1.807) is 6.08 Å². The van der Waals surface area contributed by atoms with E-state index in [4.69, 9.17) is 5.11 Å². The van der Waals surface area contributed by atoms with Crippen LogP contribution in [0.3, 0.4) is 0 Å². The largest absolute Gasteiger partial charge is 0.481 e. The van der Waals surface area contributed by atoms with Gasteiger partial charge in [-0.25, -0.2) is 5.43 Å². The Kier molecular flexibility index (Phi) is 1.84. The van der Waals surface area contributed by atoms with Crippen LogP contribution in [0, 0.1) is 11.8 Å². The second-order valence-corrected chi connectivity index (χ2v) is 3.37. The molecule has 0 bridgehead atoms. The minimum absolute atomic E-state index is 0.0903. The first kappa shape index (κ1) is 8.31. The third-order valence-corrected chi connectivity index (χ3v) is 2.62. The molecule has 0 aromatic rings. The molecule has 1 fully saturated rings. The highest BCUT2D eigenvalue weighted by atomic mass is 16.4. The molecule has 13 heavy (non-hydrogen) atoms. The molecule has 0 saturated carbocycles. The van der Waals surface area contributed by atoms with Crippen LogP contribution in [0.1, 0.15) is 0 Å². The molecule has 4 nitrogen and oxygen atoms in total. The van der Waals surface area contributed by atoms with Gasteiger partial charge in [0.05, 0.1) is 5.92 Å². The van der Waals surface area contributed by atoms with Gasteiger partial charge < -0.3 is 10.1 Å². The van der Waals surface area contributed by atoms with Gasteiger partial charge in [-0.2, -0.15) is 0 Å². The summed E-state index contributed by atoms with van der Waals surface area (Å²) in [6.45, 7) is 0.712. The average Bonchev–Trinajstić information content (AvgIpc) is 2.48. The fourth-order valence-corrected chi connectivity index (χ4v) is 1.89. The predicted molar refractivity (Wildman–Crippen MR) is 47.6 cm³/mol. The smallest absolute Gasteiger partial charge is 0.311 e. The van der Waals surface area contributed by atoms with Crippen LogP contribution in [0.15, 0.2) is 23.9 Å². The lowest BCUT2D eigenvalue weighted by atomic mass is 9.87. The first-order chi connectivity index (χ1) is 6.20. The Morgan fingerprint density at radius 3 is 3.23 bits per heavy atom. The standard InChI is InChI=1S/C9H12N2O2/c1-11-8-4-2-3-6(9(12)13)7(8)5-10-11/h2-4,6-7,10H,5H2,1H3,(H,12,13). The van der Waals surface area contributed by atoms with Gasteiger partial charge in [0.25, 0.3) is 0 Å². The van der Waals surface area contributed by atoms with Crippen LogP contribution in [-0.2, 0) is 4.79 Å². The van der Waals surface area contributed by atoms with Crippen molar-refractivity contribution in [2.24, 2.45) is 11.8 Å². The van der Waals surface area contributed by atoms with Crippen molar-refractivity contribution in [2.45, 2.75) is 0 Å². The molecule has 1 aliphatic heterocycles. The van der Waals surface area contributed by atoms with Gasteiger partial charge in [-0.1, -0.05) is 12.2 Å². The summed E-state index contributed by atoms with van der Waals surface area (Å²) in [4.78, 5) is 10.9. The van der Waals surface area contributed by atoms with Crippen molar-refractivity contribution in [1.82, 2.24) is 10.4 Å². The van der Waals surface area contributed by atoms with Gasteiger partial charge in [0.15, 0.2) is 0 Å². The summed E-state index contributed by atoms with van der Waals surface area (Å²) in [5.74, 6) is -1.03. The zero-order valence-corrected chi connectivity index (χ0v) is 7.40. The lowest BCUT2D eigenvalue weighted by Gasteiger charge is -2.21. The van der Waals surface area contributed by atoms with Gasteiger partial charge in [-0.05, 0) is 6.08 Å². The summed E-state index contributed by atoms with van der Waals surface area (Å²) in [6, 6.07) is 0. The number of aliphatic carboxylic acids is 1. The summed E-state index contributed by atoms with van der Waals surface area (Å²) in [7, 11) is 1.91. The number of carboxylic acid groups (broad SMARTS) is 1. The van der Waals surface area contributed by atoms with Gasteiger partial charge in [0.2, 0.25) is 0 Å². The fourth-order valence-electron chi connectivity index (χ4n) is 1.89. The lowest BCUT2D eigenvalue weighted by Crippen LogP contribution is -2.26. The molecule has 2 atom stereocenters. The van der Waals surface area contributed by atoms with E-state index in [9.17, 15) is 4.79 Å². The van der Waals surface area contributed by atoms with Crippen molar-refractivity contribution in [1.29, 1.82) is 0 Å². The summed E-state index contributed by atoms with van der Waals surface area (Å²) < 4.78 is 0. The van der Waals surface area contributed by atoms with Crippen molar-refractivity contribution in [2.75, 3.05) is 13.6 Å². The highest BCUT2D eigenvalue weighted by molar-refractivity contribution is 5.74. The highest BCUT2D eigenvalue weighted by Crippen LogP contribution is 2.30. The normalized spacial score (nSPS) is 31.5. The number of rotatable bonds is 1. The SMILES string of the molecule is CN1NCC2C1=CC=CC2C(=O)O. The number of carboxylic acids is 1.